The number of unbranched alkanes of at least 4 members (excludes halogenated alkanes) is 2. The van der Waals surface area contributed by atoms with E-state index in [9.17, 15) is 14.4 Å². The summed E-state index contributed by atoms with van der Waals surface area (Å²) in [4.78, 5) is 36.4. The van der Waals surface area contributed by atoms with Gasteiger partial charge in [0.1, 0.15) is 11.3 Å². The molecule has 0 aromatic heterocycles. The van der Waals surface area contributed by atoms with Crippen LogP contribution >= 0.6 is 0 Å². The van der Waals surface area contributed by atoms with E-state index in [0.29, 0.717) is 24.6 Å². The van der Waals surface area contributed by atoms with Crippen molar-refractivity contribution in [1.29, 1.82) is 0 Å². The minimum atomic E-state index is -0.702. The zero-order chi connectivity index (χ0) is 25.6. The van der Waals surface area contributed by atoms with Crippen LogP contribution in [-0.2, 0) is 11.3 Å². The second kappa shape index (κ2) is 14.5. The van der Waals surface area contributed by atoms with E-state index in [-0.39, 0.29) is 23.0 Å². The number of hydrogen-bond donors (Lipinski definition) is 2. The lowest BCUT2D eigenvalue weighted by Gasteiger charge is -2.13. The third-order valence-electron chi connectivity index (χ3n) is 4.98. The first-order valence-electron chi connectivity index (χ1n) is 11.6. The number of para-hydroxylation sites is 1. The number of esters is 1. The summed E-state index contributed by atoms with van der Waals surface area (Å²) >= 11 is 0. The van der Waals surface area contributed by atoms with Gasteiger partial charge in [0.2, 0.25) is 5.91 Å². The number of carbonyl (C=O) groups is 3. The zero-order valence-corrected chi connectivity index (χ0v) is 20.8. The topological polar surface area (TPSA) is 103 Å². The highest BCUT2D eigenvalue weighted by Gasteiger charge is 2.18. The Bertz CT molecular complexity index is 1030. The van der Waals surface area contributed by atoms with E-state index >= 15 is 0 Å². The maximum absolute atomic E-state index is 12.7. The third kappa shape index (κ3) is 9.52. The van der Waals surface area contributed by atoms with Crippen LogP contribution in [0.4, 0.5) is 4.79 Å². The average Bonchev–Trinajstić information content (AvgIpc) is 2.85. The standard InChI is InChI=1S/C27H34N2O6/c1-19(2)11-7-5-6-8-14-25(30)29-18-20-15-16-23(24(17-20)33-4)34-26(31)21-12-9-10-13-22(21)35-27(32)28-3/h7,9-13,15-17,19H,5-6,8,14,18H2,1-4H3,(H,28,32)(H,29,30)/b11-7+. The Labute approximate surface area is 206 Å². The monoisotopic (exact) mass is 482 g/mol. The number of carbonyl (C=O) groups excluding carboxylic acids is 3. The van der Waals surface area contributed by atoms with Crippen LogP contribution < -0.4 is 24.8 Å². The van der Waals surface area contributed by atoms with Crippen molar-refractivity contribution in [2.75, 3.05) is 14.2 Å². The van der Waals surface area contributed by atoms with Gasteiger partial charge in [-0.05, 0) is 55.0 Å². The molecule has 0 spiro atoms. The molecule has 188 valence electrons. The number of amides is 2. The van der Waals surface area contributed by atoms with E-state index in [1.807, 2.05) is 0 Å². The number of methoxy groups -OCH3 is 1. The molecule has 0 radical (unpaired) electrons. The molecule has 0 atom stereocenters. The number of hydrogen-bond acceptors (Lipinski definition) is 6. The van der Waals surface area contributed by atoms with Gasteiger partial charge in [0.15, 0.2) is 11.5 Å². The van der Waals surface area contributed by atoms with Crippen molar-refractivity contribution in [2.24, 2.45) is 5.92 Å². The summed E-state index contributed by atoms with van der Waals surface area (Å²) in [6.07, 6.45) is 6.89. The molecular formula is C27H34N2O6. The average molecular weight is 483 g/mol. The number of benzene rings is 2. The Morgan fingerprint density at radius 1 is 0.971 bits per heavy atom. The number of allylic oxidation sites excluding steroid dienone is 2. The van der Waals surface area contributed by atoms with Crippen LogP contribution in [0, 0.1) is 5.92 Å². The van der Waals surface area contributed by atoms with Gasteiger partial charge >= 0.3 is 12.1 Å². The quantitative estimate of drug-likeness (QED) is 0.191. The lowest BCUT2D eigenvalue weighted by molar-refractivity contribution is -0.121. The van der Waals surface area contributed by atoms with Crippen LogP contribution in [0.3, 0.4) is 0 Å². The van der Waals surface area contributed by atoms with Crippen LogP contribution in [0.15, 0.2) is 54.6 Å². The first-order valence-corrected chi connectivity index (χ1v) is 11.6. The fraction of sp³-hybridized carbons (Fsp3) is 0.370. The molecule has 0 heterocycles. The van der Waals surface area contributed by atoms with E-state index in [1.54, 1.807) is 30.3 Å². The Morgan fingerprint density at radius 2 is 1.74 bits per heavy atom. The Balaban J connectivity index is 1.93. The molecule has 2 aromatic rings. The summed E-state index contributed by atoms with van der Waals surface area (Å²) in [6.45, 7) is 4.61. The van der Waals surface area contributed by atoms with Gasteiger partial charge in [-0.3, -0.25) is 4.79 Å². The fourth-order valence-electron chi connectivity index (χ4n) is 3.14. The van der Waals surface area contributed by atoms with Crippen molar-refractivity contribution >= 4 is 18.0 Å². The predicted molar refractivity (Wildman–Crippen MR) is 134 cm³/mol. The zero-order valence-electron chi connectivity index (χ0n) is 20.8. The molecule has 0 aliphatic heterocycles. The van der Waals surface area contributed by atoms with Gasteiger partial charge in [-0.1, -0.05) is 44.2 Å². The maximum atomic E-state index is 12.7. The van der Waals surface area contributed by atoms with Crippen molar-refractivity contribution in [2.45, 2.75) is 46.1 Å². The molecule has 2 rings (SSSR count). The van der Waals surface area contributed by atoms with Gasteiger partial charge in [0, 0.05) is 20.0 Å². The molecule has 2 aromatic carbocycles. The van der Waals surface area contributed by atoms with E-state index in [4.69, 9.17) is 14.2 Å². The van der Waals surface area contributed by atoms with Gasteiger partial charge in [-0.15, -0.1) is 0 Å². The minimum absolute atomic E-state index is 0.0139. The van der Waals surface area contributed by atoms with E-state index < -0.39 is 12.1 Å². The highest BCUT2D eigenvalue weighted by atomic mass is 16.6. The highest BCUT2D eigenvalue weighted by Crippen LogP contribution is 2.30. The Morgan fingerprint density at radius 3 is 2.46 bits per heavy atom. The third-order valence-corrected chi connectivity index (χ3v) is 4.98. The second-order valence-electron chi connectivity index (χ2n) is 8.21. The molecule has 0 aliphatic carbocycles. The lowest BCUT2D eigenvalue weighted by Crippen LogP contribution is -2.23. The number of ether oxygens (including phenoxy) is 3. The molecule has 35 heavy (non-hydrogen) atoms. The first kappa shape index (κ1) is 27.4. The van der Waals surface area contributed by atoms with Crippen LogP contribution in [0.5, 0.6) is 17.2 Å². The van der Waals surface area contributed by atoms with Crippen molar-refractivity contribution in [1.82, 2.24) is 10.6 Å². The molecule has 0 saturated carbocycles. The Kier molecular flexibility index (Phi) is 11.3. The van der Waals surface area contributed by atoms with Gasteiger partial charge in [-0.25, -0.2) is 9.59 Å². The van der Waals surface area contributed by atoms with Gasteiger partial charge in [0.05, 0.1) is 7.11 Å². The van der Waals surface area contributed by atoms with Crippen molar-refractivity contribution in [3.05, 3.63) is 65.7 Å². The predicted octanol–water partition coefficient (Wildman–Crippen LogP) is 5.02. The molecule has 2 N–H and O–H groups in total. The van der Waals surface area contributed by atoms with Crippen LogP contribution in [-0.4, -0.2) is 32.1 Å². The molecule has 0 saturated heterocycles. The largest absolute Gasteiger partial charge is 0.493 e. The van der Waals surface area contributed by atoms with Crippen molar-refractivity contribution in [3.63, 3.8) is 0 Å². The molecule has 8 heteroatoms. The molecule has 8 nitrogen and oxygen atoms in total. The molecular weight excluding hydrogens is 448 g/mol. The van der Waals surface area contributed by atoms with Gasteiger partial charge < -0.3 is 24.8 Å². The fourth-order valence-corrected chi connectivity index (χ4v) is 3.14. The van der Waals surface area contributed by atoms with E-state index in [2.05, 4.69) is 36.6 Å². The number of rotatable bonds is 12. The molecule has 0 unspecified atom stereocenters. The molecule has 0 aliphatic rings. The summed E-state index contributed by atoms with van der Waals surface area (Å²) in [5, 5.41) is 5.23. The lowest BCUT2D eigenvalue weighted by atomic mass is 10.1. The number of nitrogens with one attached hydrogen (secondary N) is 2. The smallest absolute Gasteiger partial charge is 0.412 e. The SMILES string of the molecule is CNC(=O)Oc1ccccc1C(=O)Oc1ccc(CNC(=O)CCCC/C=C/C(C)C)cc1OC. The minimum Gasteiger partial charge on any atom is -0.493 e. The first-order chi connectivity index (χ1) is 16.8. The maximum Gasteiger partial charge on any atom is 0.412 e. The van der Waals surface area contributed by atoms with Crippen LogP contribution in [0.25, 0.3) is 0 Å². The summed E-state index contributed by atoms with van der Waals surface area (Å²) in [5.74, 6) is 0.450. The Hall–Kier alpha value is -3.81. The van der Waals surface area contributed by atoms with Gasteiger partial charge in [-0.2, -0.15) is 0 Å². The van der Waals surface area contributed by atoms with Crippen molar-refractivity contribution < 1.29 is 28.6 Å². The summed E-state index contributed by atoms with van der Waals surface area (Å²) < 4.78 is 16.0. The van der Waals surface area contributed by atoms with E-state index in [0.717, 1.165) is 24.8 Å². The van der Waals surface area contributed by atoms with Crippen LogP contribution in [0.1, 0.15) is 55.5 Å². The highest BCUT2D eigenvalue weighted by molar-refractivity contribution is 5.95. The van der Waals surface area contributed by atoms with Crippen LogP contribution in [0.2, 0.25) is 0 Å². The second-order valence-corrected chi connectivity index (χ2v) is 8.21. The molecule has 2 amide bonds. The van der Waals surface area contributed by atoms with Gasteiger partial charge in [0.25, 0.3) is 0 Å². The molecule has 0 fully saturated rings. The normalized spacial score (nSPS) is 10.8. The summed E-state index contributed by atoms with van der Waals surface area (Å²) in [5.41, 5.74) is 0.896. The molecule has 0 bridgehead atoms. The summed E-state index contributed by atoms with van der Waals surface area (Å²) in [6, 6.07) is 11.3. The summed E-state index contributed by atoms with van der Waals surface area (Å²) in [7, 11) is 2.89. The van der Waals surface area contributed by atoms with E-state index in [1.165, 1.54) is 26.3 Å². The van der Waals surface area contributed by atoms with Crippen molar-refractivity contribution in [3.8, 4) is 17.2 Å².